The summed E-state index contributed by atoms with van der Waals surface area (Å²) in [5, 5.41) is 13.9. The summed E-state index contributed by atoms with van der Waals surface area (Å²) in [4.78, 5) is 12.7. The molecule has 29 heavy (non-hydrogen) atoms. The minimum Gasteiger partial charge on any atom is -0.454 e. The average Bonchev–Trinajstić information content (AvgIpc) is 3.30. The Morgan fingerprint density at radius 2 is 1.93 bits per heavy atom. The summed E-state index contributed by atoms with van der Waals surface area (Å²) in [7, 11) is 0. The highest BCUT2D eigenvalue weighted by Gasteiger charge is 2.31. The van der Waals surface area contributed by atoms with Crippen LogP contribution in [0.3, 0.4) is 0 Å². The number of fused-ring (bicyclic) bond motifs is 1. The van der Waals surface area contributed by atoms with Crippen LogP contribution < -0.4 is 20.1 Å². The third-order valence-corrected chi connectivity index (χ3v) is 5.68. The van der Waals surface area contributed by atoms with Crippen molar-refractivity contribution in [2.75, 3.05) is 17.4 Å². The highest BCUT2D eigenvalue weighted by atomic mass is 35.5. The topological polar surface area (TPSA) is 88.3 Å². The molecule has 2 amide bonds. The van der Waals surface area contributed by atoms with E-state index in [1.165, 1.54) is 0 Å². The Hall–Kier alpha value is -2.90. The Balaban J connectivity index is 1.45. The lowest BCUT2D eigenvalue weighted by atomic mass is 10.1. The van der Waals surface area contributed by atoms with Crippen molar-refractivity contribution in [3.05, 3.63) is 52.1 Å². The molecule has 7 nitrogen and oxygen atoms in total. The summed E-state index contributed by atoms with van der Waals surface area (Å²) in [6, 6.07) is 10.2. The average molecular weight is 431 g/mol. The molecule has 1 aromatic heterocycles. The number of anilines is 2. The lowest BCUT2D eigenvalue weighted by molar-refractivity contribution is 0.174. The smallest absolute Gasteiger partial charge is 0.323 e. The number of amides is 2. The zero-order valence-corrected chi connectivity index (χ0v) is 16.6. The van der Waals surface area contributed by atoms with E-state index in [1.54, 1.807) is 18.2 Å². The van der Waals surface area contributed by atoms with Gasteiger partial charge in [-0.15, -0.1) is 0 Å². The summed E-state index contributed by atoms with van der Waals surface area (Å²) < 4.78 is 10.8. The zero-order chi connectivity index (χ0) is 20.0. The molecular weight excluding hydrogens is 415 g/mol. The zero-order valence-electron chi connectivity index (χ0n) is 15.1. The van der Waals surface area contributed by atoms with E-state index in [1.807, 2.05) is 18.2 Å². The van der Waals surface area contributed by atoms with Crippen LogP contribution in [0.2, 0.25) is 10.0 Å². The maximum atomic E-state index is 12.7. The minimum absolute atomic E-state index is 0.195. The van der Waals surface area contributed by atoms with Crippen LogP contribution in [0.4, 0.5) is 16.2 Å². The number of ether oxygens (including phenoxy) is 2. The van der Waals surface area contributed by atoms with E-state index in [2.05, 4.69) is 20.8 Å². The van der Waals surface area contributed by atoms with Crippen molar-refractivity contribution >= 4 is 40.6 Å². The van der Waals surface area contributed by atoms with Gasteiger partial charge in [0.05, 0.1) is 27.1 Å². The van der Waals surface area contributed by atoms with Crippen molar-refractivity contribution in [2.45, 2.75) is 18.8 Å². The third-order valence-electron chi connectivity index (χ3n) is 4.86. The van der Waals surface area contributed by atoms with Crippen LogP contribution in [0.5, 0.6) is 11.5 Å². The Bertz CT molecular complexity index is 1110. The molecule has 1 saturated carbocycles. The van der Waals surface area contributed by atoms with Crippen LogP contribution >= 0.6 is 23.2 Å². The summed E-state index contributed by atoms with van der Waals surface area (Å²) in [6.07, 6.45) is 2.11. The second-order valence-electron chi connectivity index (χ2n) is 6.88. The molecule has 0 saturated heterocycles. The van der Waals surface area contributed by atoms with Crippen molar-refractivity contribution in [2.24, 2.45) is 0 Å². The molecule has 3 N–H and O–H groups in total. The molecule has 2 aliphatic rings. The molecule has 2 heterocycles. The number of rotatable bonds is 4. The molecule has 1 aliphatic heterocycles. The molecule has 1 fully saturated rings. The first-order valence-electron chi connectivity index (χ1n) is 9.10. The van der Waals surface area contributed by atoms with Gasteiger partial charge in [0.2, 0.25) is 6.79 Å². The van der Waals surface area contributed by atoms with Crippen LogP contribution in [-0.4, -0.2) is 23.0 Å². The first kappa shape index (κ1) is 18.1. The van der Waals surface area contributed by atoms with Gasteiger partial charge in [-0.2, -0.15) is 5.10 Å². The number of hydrogen-bond donors (Lipinski definition) is 3. The maximum absolute atomic E-state index is 12.7. The van der Waals surface area contributed by atoms with Crippen molar-refractivity contribution in [3.63, 3.8) is 0 Å². The van der Waals surface area contributed by atoms with Crippen LogP contribution in [0.1, 0.15) is 24.5 Å². The Morgan fingerprint density at radius 3 is 2.76 bits per heavy atom. The molecule has 9 heteroatoms. The van der Waals surface area contributed by atoms with Gasteiger partial charge in [0.25, 0.3) is 0 Å². The van der Waals surface area contributed by atoms with Crippen LogP contribution in [0, 0.1) is 0 Å². The van der Waals surface area contributed by atoms with E-state index in [-0.39, 0.29) is 11.8 Å². The summed E-state index contributed by atoms with van der Waals surface area (Å²) in [6.45, 7) is 0.195. The normalized spacial score (nSPS) is 14.7. The molecule has 0 atom stereocenters. The Kier molecular flexibility index (Phi) is 4.49. The predicted octanol–water partition coefficient (Wildman–Crippen LogP) is 5.63. The molecule has 0 spiro atoms. The van der Waals surface area contributed by atoms with E-state index >= 15 is 0 Å². The highest BCUT2D eigenvalue weighted by molar-refractivity contribution is 6.44. The first-order valence-corrected chi connectivity index (χ1v) is 9.86. The summed E-state index contributed by atoms with van der Waals surface area (Å²) in [5.41, 5.74) is 3.43. The number of nitrogens with one attached hydrogen (secondary N) is 3. The second kappa shape index (κ2) is 7.17. The van der Waals surface area contributed by atoms with Gasteiger partial charge in [-0.05, 0) is 43.2 Å². The van der Waals surface area contributed by atoms with Crippen LogP contribution in [0.25, 0.3) is 11.3 Å². The molecule has 2 aromatic carbocycles. The number of urea groups is 1. The largest absolute Gasteiger partial charge is 0.454 e. The minimum atomic E-state index is -0.431. The monoisotopic (exact) mass is 430 g/mol. The SMILES string of the molecule is O=C(Nc1cccc(Cl)c1Cl)Nc1c(-c2ccc3c(c2)OCO3)n[nH]c1C1CC1. The third kappa shape index (κ3) is 3.47. The number of aromatic amines is 1. The van der Waals surface area contributed by atoms with Gasteiger partial charge in [0.15, 0.2) is 11.5 Å². The van der Waals surface area contributed by atoms with E-state index in [0.717, 1.165) is 24.1 Å². The second-order valence-corrected chi connectivity index (χ2v) is 7.67. The fraction of sp³-hybridized carbons (Fsp3) is 0.200. The quantitative estimate of drug-likeness (QED) is 0.499. The molecule has 0 radical (unpaired) electrons. The van der Waals surface area contributed by atoms with E-state index in [0.29, 0.717) is 39.5 Å². The van der Waals surface area contributed by atoms with Crippen LogP contribution in [-0.2, 0) is 0 Å². The maximum Gasteiger partial charge on any atom is 0.323 e. The fourth-order valence-electron chi connectivity index (χ4n) is 3.27. The summed E-state index contributed by atoms with van der Waals surface area (Å²) in [5.74, 6) is 1.70. The Labute approximate surface area is 176 Å². The van der Waals surface area contributed by atoms with Gasteiger partial charge >= 0.3 is 6.03 Å². The molecule has 3 aromatic rings. The standard InChI is InChI=1S/C20H16Cl2N4O3/c21-12-2-1-3-13(16(12)22)23-20(27)24-19-17(10-4-5-10)25-26-18(19)11-6-7-14-15(8-11)29-9-28-14/h1-3,6-8,10H,4-5,9H2,(H,25,26)(H2,23,24,27). The lowest BCUT2D eigenvalue weighted by Gasteiger charge is -2.11. The van der Waals surface area contributed by atoms with E-state index in [4.69, 9.17) is 32.7 Å². The number of aromatic nitrogens is 2. The number of halogens is 2. The molecule has 5 rings (SSSR count). The number of carbonyl (C=O) groups is 1. The molecule has 0 unspecified atom stereocenters. The molecule has 1 aliphatic carbocycles. The first-order chi connectivity index (χ1) is 14.1. The highest BCUT2D eigenvalue weighted by Crippen LogP contribution is 2.46. The number of carbonyl (C=O) groups excluding carboxylic acids is 1. The van der Waals surface area contributed by atoms with Crippen LogP contribution in [0.15, 0.2) is 36.4 Å². The molecule has 148 valence electrons. The van der Waals surface area contributed by atoms with Gasteiger partial charge in [0.1, 0.15) is 5.69 Å². The van der Waals surface area contributed by atoms with Crippen molar-refractivity contribution < 1.29 is 14.3 Å². The van der Waals surface area contributed by atoms with Gasteiger partial charge in [-0.3, -0.25) is 5.10 Å². The van der Waals surface area contributed by atoms with Gasteiger partial charge in [-0.25, -0.2) is 4.79 Å². The number of benzene rings is 2. The fourth-order valence-corrected chi connectivity index (χ4v) is 3.62. The number of nitrogens with zero attached hydrogens (tertiary/aromatic N) is 1. The van der Waals surface area contributed by atoms with Crippen molar-refractivity contribution in [1.82, 2.24) is 10.2 Å². The van der Waals surface area contributed by atoms with Gasteiger partial charge in [0, 0.05) is 11.5 Å². The molecular formula is C20H16Cl2N4O3. The summed E-state index contributed by atoms with van der Waals surface area (Å²) >= 11 is 12.2. The van der Waals surface area contributed by atoms with Gasteiger partial charge < -0.3 is 20.1 Å². The predicted molar refractivity (Wildman–Crippen MR) is 111 cm³/mol. The number of hydrogen-bond acceptors (Lipinski definition) is 4. The van der Waals surface area contributed by atoms with E-state index in [9.17, 15) is 4.79 Å². The Morgan fingerprint density at radius 1 is 1.10 bits per heavy atom. The lowest BCUT2D eigenvalue weighted by Crippen LogP contribution is -2.20. The van der Waals surface area contributed by atoms with Crippen molar-refractivity contribution in [1.29, 1.82) is 0 Å². The van der Waals surface area contributed by atoms with Crippen molar-refractivity contribution in [3.8, 4) is 22.8 Å². The number of H-pyrrole nitrogens is 1. The van der Waals surface area contributed by atoms with Gasteiger partial charge in [-0.1, -0.05) is 29.3 Å². The van der Waals surface area contributed by atoms with E-state index < -0.39 is 6.03 Å². The molecule has 0 bridgehead atoms.